The standard InChI is InChI=1S/C16H21N3O/c1-16(2)8-4-3-5-12(16)14-13(15(17)20-19-14)11-6-9-18-10-7-11/h6-7,9-10,12H,3-5,8,17H2,1-2H3. The summed E-state index contributed by atoms with van der Waals surface area (Å²) in [4.78, 5) is 4.06. The third kappa shape index (κ3) is 2.19. The number of nitrogens with zero attached hydrogens (tertiary/aromatic N) is 2. The maximum Gasteiger partial charge on any atom is 0.230 e. The zero-order valence-electron chi connectivity index (χ0n) is 12.1. The van der Waals surface area contributed by atoms with E-state index in [1.54, 1.807) is 12.4 Å². The van der Waals surface area contributed by atoms with Crippen LogP contribution < -0.4 is 5.73 Å². The van der Waals surface area contributed by atoms with Gasteiger partial charge in [-0.1, -0.05) is 31.8 Å². The van der Waals surface area contributed by atoms with Crippen molar-refractivity contribution in [2.45, 2.75) is 45.4 Å². The number of anilines is 1. The largest absolute Gasteiger partial charge is 0.367 e. The second kappa shape index (κ2) is 4.93. The van der Waals surface area contributed by atoms with Crippen LogP contribution in [0, 0.1) is 5.41 Å². The lowest BCUT2D eigenvalue weighted by molar-refractivity contribution is 0.192. The van der Waals surface area contributed by atoms with Crippen LogP contribution in [-0.2, 0) is 0 Å². The van der Waals surface area contributed by atoms with Gasteiger partial charge in [0, 0.05) is 18.3 Å². The monoisotopic (exact) mass is 271 g/mol. The van der Waals surface area contributed by atoms with Crippen LogP contribution >= 0.6 is 0 Å². The second-order valence-electron chi connectivity index (χ2n) is 6.33. The highest BCUT2D eigenvalue weighted by molar-refractivity contribution is 5.75. The van der Waals surface area contributed by atoms with Gasteiger partial charge in [0.05, 0.1) is 11.3 Å². The molecule has 20 heavy (non-hydrogen) atoms. The number of nitrogens with two attached hydrogens (primary N) is 1. The van der Waals surface area contributed by atoms with Crippen LogP contribution in [0.5, 0.6) is 0 Å². The normalized spacial score (nSPS) is 21.8. The summed E-state index contributed by atoms with van der Waals surface area (Å²) in [6, 6.07) is 3.92. The van der Waals surface area contributed by atoms with Gasteiger partial charge in [-0.05, 0) is 36.0 Å². The quantitative estimate of drug-likeness (QED) is 0.896. The number of aromatic nitrogens is 2. The van der Waals surface area contributed by atoms with E-state index >= 15 is 0 Å². The molecule has 0 aromatic carbocycles. The van der Waals surface area contributed by atoms with E-state index in [-0.39, 0.29) is 5.41 Å². The lowest BCUT2D eigenvalue weighted by Crippen LogP contribution is -2.26. The summed E-state index contributed by atoms with van der Waals surface area (Å²) in [5.41, 5.74) is 9.26. The molecule has 4 heteroatoms. The Balaban J connectivity index is 2.07. The molecule has 1 aliphatic carbocycles. The van der Waals surface area contributed by atoms with E-state index in [0.29, 0.717) is 11.8 Å². The lowest BCUT2D eigenvalue weighted by Gasteiger charge is -2.37. The molecule has 106 valence electrons. The Hall–Kier alpha value is -1.84. The molecule has 2 aromatic heterocycles. The number of nitrogen functional groups attached to an aromatic ring is 1. The van der Waals surface area contributed by atoms with E-state index in [1.165, 1.54) is 19.3 Å². The van der Waals surface area contributed by atoms with Crippen molar-refractivity contribution in [2.75, 3.05) is 5.73 Å². The van der Waals surface area contributed by atoms with Crippen LogP contribution in [0.15, 0.2) is 29.0 Å². The Morgan fingerprint density at radius 1 is 1.25 bits per heavy atom. The molecular weight excluding hydrogens is 250 g/mol. The second-order valence-corrected chi connectivity index (χ2v) is 6.33. The van der Waals surface area contributed by atoms with Gasteiger partial charge in [0.1, 0.15) is 0 Å². The van der Waals surface area contributed by atoms with Gasteiger partial charge in [0.2, 0.25) is 5.88 Å². The predicted molar refractivity (Wildman–Crippen MR) is 79.1 cm³/mol. The summed E-state index contributed by atoms with van der Waals surface area (Å²) < 4.78 is 5.30. The van der Waals surface area contributed by atoms with Crippen molar-refractivity contribution in [1.29, 1.82) is 0 Å². The summed E-state index contributed by atoms with van der Waals surface area (Å²) in [6.07, 6.45) is 8.46. The molecule has 2 heterocycles. The molecule has 3 rings (SSSR count). The van der Waals surface area contributed by atoms with E-state index in [4.69, 9.17) is 10.3 Å². The van der Waals surface area contributed by atoms with Gasteiger partial charge in [-0.2, -0.15) is 0 Å². The molecular formula is C16H21N3O. The lowest BCUT2D eigenvalue weighted by atomic mass is 9.67. The van der Waals surface area contributed by atoms with Crippen LogP contribution in [0.2, 0.25) is 0 Å². The third-order valence-electron chi connectivity index (χ3n) is 4.55. The highest BCUT2D eigenvalue weighted by Gasteiger charge is 2.37. The average molecular weight is 271 g/mol. The van der Waals surface area contributed by atoms with Crippen LogP contribution in [0.4, 0.5) is 5.88 Å². The molecule has 4 nitrogen and oxygen atoms in total. The van der Waals surface area contributed by atoms with E-state index in [1.807, 2.05) is 12.1 Å². The molecule has 0 aliphatic heterocycles. The first-order chi connectivity index (χ1) is 9.59. The van der Waals surface area contributed by atoms with Gasteiger partial charge >= 0.3 is 0 Å². The minimum absolute atomic E-state index is 0.239. The molecule has 1 atom stereocenters. The summed E-state index contributed by atoms with van der Waals surface area (Å²) in [5, 5.41) is 4.29. The minimum atomic E-state index is 0.239. The predicted octanol–water partition coefficient (Wildman–Crippen LogP) is 4.00. The topological polar surface area (TPSA) is 64.9 Å². The summed E-state index contributed by atoms with van der Waals surface area (Å²) in [5.74, 6) is 0.813. The van der Waals surface area contributed by atoms with Gasteiger partial charge < -0.3 is 10.3 Å². The fourth-order valence-corrected chi connectivity index (χ4v) is 3.36. The molecule has 2 N–H and O–H groups in total. The van der Waals surface area contributed by atoms with Crippen LogP contribution in [0.1, 0.15) is 51.1 Å². The Morgan fingerprint density at radius 2 is 2.00 bits per heavy atom. The van der Waals surface area contributed by atoms with Gasteiger partial charge in [-0.15, -0.1) is 0 Å². The van der Waals surface area contributed by atoms with Crippen molar-refractivity contribution in [3.63, 3.8) is 0 Å². The smallest absolute Gasteiger partial charge is 0.230 e. The first-order valence-electron chi connectivity index (χ1n) is 7.25. The maximum atomic E-state index is 6.02. The number of hydrogen-bond acceptors (Lipinski definition) is 4. The molecule has 1 saturated carbocycles. The Kier molecular flexibility index (Phi) is 3.24. The molecule has 0 radical (unpaired) electrons. The van der Waals surface area contributed by atoms with E-state index in [9.17, 15) is 0 Å². The Bertz CT molecular complexity index is 589. The maximum absolute atomic E-state index is 6.02. The van der Waals surface area contributed by atoms with Gasteiger partial charge in [-0.25, -0.2) is 0 Å². The summed E-state index contributed by atoms with van der Waals surface area (Å²) in [7, 11) is 0. The minimum Gasteiger partial charge on any atom is -0.367 e. The first kappa shape index (κ1) is 13.2. The number of pyridine rings is 1. The highest BCUT2D eigenvalue weighted by atomic mass is 16.5. The molecule has 0 saturated heterocycles. The molecule has 1 unspecified atom stereocenters. The fraction of sp³-hybridized carbons (Fsp3) is 0.500. The zero-order valence-corrected chi connectivity index (χ0v) is 12.1. The van der Waals surface area contributed by atoms with Crippen LogP contribution in [-0.4, -0.2) is 10.1 Å². The molecule has 0 amide bonds. The molecule has 0 bridgehead atoms. The van der Waals surface area contributed by atoms with E-state index in [2.05, 4.69) is 24.0 Å². The molecule has 0 spiro atoms. The van der Waals surface area contributed by atoms with Crippen molar-refractivity contribution in [2.24, 2.45) is 5.41 Å². The van der Waals surface area contributed by atoms with Crippen molar-refractivity contribution >= 4 is 5.88 Å². The number of rotatable bonds is 2. The molecule has 1 fully saturated rings. The van der Waals surface area contributed by atoms with E-state index in [0.717, 1.165) is 23.2 Å². The van der Waals surface area contributed by atoms with Crippen molar-refractivity contribution in [3.05, 3.63) is 30.2 Å². The van der Waals surface area contributed by atoms with Crippen LogP contribution in [0.25, 0.3) is 11.1 Å². The summed E-state index contributed by atoms with van der Waals surface area (Å²) in [6.45, 7) is 4.63. The van der Waals surface area contributed by atoms with Crippen molar-refractivity contribution in [1.82, 2.24) is 10.1 Å². The SMILES string of the molecule is CC1(C)CCCCC1c1noc(N)c1-c1ccncc1. The Morgan fingerprint density at radius 3 is 2.70 bits per heavy atom. The van der Waals surface area contributed by atoms with Crippen molar-refractivity contribution in [3.8, 4) is 11.1 Å². The summed E-state index contributed by atoms with van der Waals surface area (Å²) >= 11 is 0. The van der Waals surface area contributed by atoms with Crippen molar-refractivity contribution < 1.29 is 4.52 Å². The van der Waals surface area contributed by atoms with E-state index < -0.39 is 0 Å². The van der Waals surface area contributed by atoms with Crippen LogP contribution in [0.3, 0.4) is 0 Å². The van der Waals surface area contributed by atoms with Gasteiger partial charge in [-0.3, -0.25) is 4.98 Å². The number of hydrogen-bond donors (Lipinski definition) is 1. The Labute approximate surface area is 119 Å². The fourth-order valence-electron chi connectivity index (χ4n) is 3.36. The van der Waals surface area contributed by atoms with Gasteiger partial charge in [0.25, 0.3) is 0 Å². The first-order valence-corrected chi connectivity index (χ1v) is 7.25. The van der Waals surface area contributed by atoms with Gasteiger partial charge in [0.15, 0.2) is 0 Å². The molecule has 1 aliphatic rings. The average Bonchev–Trinajstić information content (AvgIpc) is 2.81. The highest BCUT2D eigenvalue weighted by Crippen LogP contribution is 2.49. The third-order valence-corrected chi connectivity index (χ3v) is 4.55. The molecule has 2 aromatic rings. The zero-order chi connectivity index (χ0) is 14.2.